The second-order valence-corrected chi connectivity index (χ2v) is 5.07. The van der Waals surface area contributed by atoms with Gasteiger partial charge in [0.25, 0.3) is 0 Å². The van der Waals surface area contributed by atoms with Crippen molar-refractivity contribution in [2.45, 2.75) is 31.7 Å². The molecule has 0 bridgehead atoms. The molecule has 1 unspecified atom stereocenters. The zero-order valence-electron chi connectivity index (χ0n) is 10.8. The number of hydrogen-bond donors (Lipinski definition) is 2. The Morgan fingerprint density at radius 3 is 2.61 bits per heavy atom. The first-order valence-corrected chi connectivity index (χ1v) is 6.42. The molecule has 2 heterocycles. The van der Waals surface area contributed by atoms with E-state index in [1.165, 1.54) is 0 Å². The van der Waals surface area contributed by atoms with Crippen molar-refractivity contribution in [2.75, 3.05) is 26.7 Å². The molecule has 0 aromatic rings. The largest absolute Gasteiger partial charge is 0.344 e. The van der Waals surface area contributed by atoms with Crippen molar-refractivity contribution in [3.63, 3.8) is 0 Å². The number of likely N-dealkylation sites (tertiary alicyclic amines) is 1. The third-order valence-electron chi connectivity index (χ3n) is 3.70. The number of piperidine rings is 1. The Morgan fingerprint density at radius 1 is 1.39 bits per heavy atom. The van der Waals surface area contributed by atoms with Crippen LogP contribution in [0.5, 0.6) is 0 Å². The standard InChI is InChI=1S/C12H21N3O2.ClH/c1-15-7-4-10(12(15)17)14-11(16)8-9-2-5-13-6-3-9;/h9-10,13H,2-8H2,1H3,(H,14,16);1H. The molecule has 5 nitrogen and oxygen atoms in total. The molecule has 2 saturated heterocycles. The molecular formula is C12H22ClN3O2. The summed E-state index contributed by atoms with van der Waals surface area (Å²) in [7, 11) is 1.78. The first kappa shape index (κ1) is 15.2. The van der Waals surface area contributed by atoms with E-state index >= 15 is 0 Å². The summed E-state index contributed by atoms with van der Waals surface area (Å²) in [5, 5.41) is 6.14. The van der Waals surface area contributed by atoms with Crippen molar-refractivity contribution in [2.24, 2.45) is 5.92 Å². The molecule has 6 heteroatoms. The molecular weight excluding hydrogens is 254 g/mol. The normalized spacial score (nSPS) is 24.8. The number of amides is 2. The van der Waals surface area contributed by atoms with Gasteiger partial charge in [-0.15, -0.1) is 12.4 Å². The van der Waals surface area contributed by atoms with Crippen LogP contribution < -0.4 is 10.6 Å². The number of halogens is 1. The van der Waals surface area contributed by atoms with Crippen LogP contribution in [0.4, 0.5) is 0 Å². The van der Waals surface area contributed by atoms with Gasteiger partial charge in [-0.3, -0.25) is 9.59 Å². The predicted molar refractivity (Wildman–Crippen MR) is 71.6 cm³/mol. The number of likely N-dealkylation sites (N-methyl/N-ethyl adjacent to an activating group) is 1. The molecule has 2 aliphatic heterocycles. The summed E-state index contributed by atoms with van der Waals surface area (Å²) >= 11 is 0. The molecule has 18 heavy (non-hydrogen) atoms. The average Bonchev–Trinajstić information content (AvgIpc) is 2.62. The quantitative estimate of drug-likeness (QED) is 0.771. The van der Waals surface area contributed by atoms with E-state index in [9.17, 15) is 9.59 Å². The number of rotatable bonds is 3. The Hall–Kier alpha value is -0.810. The fourth-order valence-corrected chi connectivity index (χ4v) is 2.56. The van der Waals surface area contributed by atoms with Gasteiger partial charge in [-0.05, 0) is 38.3 Å². The van der Waals surface area contributed by atoms with Crippen LogP contribution >= 0.6 is 12.4 Å². The van der Waals surface area contributed by atoms with Crippen molar-refractivity contribution in [3.8, 4) is 0 Å². The second-order valence-electron chi connectivity index (χ2n) is 5.07. The zero-order valence-corrected chi connectivity index (χ0v) is 11.6. The molecule has 2 aliphatic rings. The van der Waals surface area contributed by atoms with Crippen molar-refractivity contribution in [1.29, 1.82) is 0 Å². The fraction of sp³-hybridized carbons (Fsp3) is 0.833. The Morgan fingerprint density at radius 2 is 2.06 bits per heavy atom. The lowest BCUT2D eigenvalue weighted by atomic mass is 9.94. The topological polar surface area (TPSA) is 61.4 Å². The van der Waals surface area contributed by atoms with Crippen molar-refractivity contribution in [3.05, 3.63) is 0 Å². The van der Waals surface area contributed by atoms with E-state index < -0.39 is 0 Å². The van der Waals surface area contributed by atoms with Gasteiger partial charge in [0.05, 0.1) is 0 Å². The van der Waals surface area contributed by atoms with E-state index in [2.05, 4.69) is 10.6 Å². The lowest BCUT2D eigenvalue weighted by Gasteiger charge is -2.22. The number of nitrogens with zero attached hydrogens (tertiary/aromatic N) is 1. The zero-order chi connectivity index (χ0) is 12.3. The molecule has 0 aliphatic carbocycles. The Labute approximate surface area is 114 Å². The molecule has 0 spiro atoms. The van der Waals surface area contributed by atoms with Crippen molar-refractivity contribution < 1.29 is 9.59 Å². The minimum atomic E-state index is -0.283. The van der Waals surface area contributed by atoms with Gasteiger partial charge in [-0.1, -0.05) is 0 Å². The minimum Gasteiger partial charge on any atom is -0.344 e. The number of nitrogens with one attached hydrogen (secondary N) is 2. The average molecular weight is 276 g/mol. The van der Waals surface area contributed by atoms with Gasteiger partial charge in [0.2, 0.25) is 11.8 Å². The highest BCUT2D eigenvalue weighted by Crippen LogP contribution is 2.16. The predicted octanol–water partition coefficient (Wildman–Crippen LogP) is 0.145. The molecule has 2 fully saturated rings. The molecule has 104 valence electrons. The highest BCUT2D eigenvalue weighted by Gasteiger charge is 2.30. The maximum Gasteiger partial charge on any atom is 0.244 e. The molecule has 2 amide bonds. The lowest BCUT2D eigenvalue weighted by Crippen LogP contribution is -2.41. The van der Waals surface area contributed by atoms with Crippen LogP contribution in [0.3, 0.4) is 0 Å². The van der Waals surface area contributed by atoms with Crippen LogP contribution in [0.2, 0.25) is 0 Å². The van der Waals surface area contributed by atoms with E-state index in [4.69, 9.17) is 0 Å². The van der Waals surface area contributed by atoms with Gasteiger partial charge in [0.1, 0.15) is 6.04 Å². The van der Waals surface area contributed by atoms with Crippen LogP contribution in [0.25, 0.3) is 0 Å². The Balaban J connectivity index is 0.00000162. The third-order valence-corrected chi connectivity index (χ3v) is 3.70. The Bertz CT molecular complexity index is 306. The first-order chi connectivity index (χ1) is 8.16. The summed E-state index contributed by atoms with van der Waals surface area (Å²) in [5.41, 5.74) is 0. The van der Waals surface area contributed by atoms with Crippen molar-refractivity contribution in [1.82, 2.24) is 15.5 Å². The maximum atomic E-state index is 11.8. The summed E-state index contributed by atoms with van der Waals surface area (Å²) in [4.78, 5) is 25.1. The van der Waals surface area contributed by atoms with E-state index in [0.29, 0.717) is 12.3 Å². The Kier molecular flexibility index (Phi) is 5.88. The highest BCUT2D eigenvalue weighted by atomic mass is 35.5. The van der Waals surface area contributed by atoms with Gasteiger partial charge < -0.3 is 15.5 Å². The van der Waals surface area contributed by atoms with E-state index in [1.807, 2.05) is 0 Å². The molecule has 1 atom stereocenters. The molecule has 0 aromatic carbocycles. The summed E-state index contributed by atoms with van der Waals surface area (Å²) in [5.74, 6) is 0.555. The van der Waals surface area contributed by atoms with Crippen LogP contribution in [0, 0.1) is 5.92 Å². The van der Waals surface area contributed by atoms with Crippen LogP contribution in [-0.4, -0.2) is 49.4 Å². The second kappa shape index (κ2) is 6.95. The van der Waals surface area contributed by atoms with Gasteiger partial charge in [0, 0.05) is 20.0 Å². The van der Waals surface area contributed by atoms with Gasteiger partial charge in [-0.25, -0.2) is 0 Å². The van der Waals surface area contributed by atoms with Crippen molar-refractivity contribution >= 4 is 24.2 Å². The summed E-state index contributed by atoms with van der Waals surface area (Å²) in [6.07, 6.45) is 3.43. The van der Waals surface area contributed by atoms with E-state index in [0.717, 1.165) is 38.9 Å². The first-order valence-electron chi connectivity index (χ1n) is 6.42. The minimum absolute atomic E-state index is 0. The SMILES string of the molecule is CN1CCC(NC(=O)CC2CCNCC2)C1=O.Cl. The number of carbonyl (C=O) groups is 2. The monoisotopic (exact) mass is 275 g/mol. The molecule has 0 saturated carbocycles. The number of hydrogen-bond acceptors (Lipinski definition) is 3. The summed E-state index contributed by atoms with van der Waals surface area (Å²) < 4.78 is 0. The molecule has 0 aromatic heterocycles. The third kappa shape index (κ3) is 3.85. The van der Waals surface area contributed by atoms with Gasteiger partial charge in [0.15, 0.2) is 0 Å². The fourth-order valence-electron chi connectivity index (χ4n) is 2.56. The van der Waals surface area contributed by atoms with Gasteiger partial charge >= 0.3 is 0 Å². The molecule has 2 N–H and O–H groups in total. The van der Waals surface area contributed by atoms with Gasteiger partial charge in [-0.2, -0.15) is 0 Å². The highest BCUT2D eigenvalue weighted by molar-refractivity contribution is 5.89. The number of carbonyl (C=O) groups excluding carboxylic acids is 2. The van der Waals surface area contributed by atoms with Crippen LogP contribution in [0.15, 0.2) is 0 Å². The summed E-state index contributed by atoms with van der Waals surface area (Å²) in [6.45, 7) is 2.75. The summed E-state index contributed by atoms with van der Waals surface area (Å²) in [6, 6.07) is -0.283. The van der Waals surface area contributed by atoms with Crippen LogP contribution in [-0.2, 0) is 9.59 Å². The molecule has 0 radical (unpaired) electrons. The maximum absolute atomic E-state index is 11.8. The van der Waals surface area contributed by atoms with Crippen LogP contribution in [0.1, 0.15) is 25.7 Å². The smallest absolute Gasteiger partial charge is 0.244 e. The molecule has 2 rings (SSSR count). The van der Waals surface area contributed by atoms with E-state index in [-0.39, 0.29) is 30.3 Å². The lowest BCUT2D eigenvalue weighted by molar-refractivity contribution is -0.132. The van der Waals surface area contributed by atoms with E-state index in [1.54, 1.807) is 11.9 Å².